The molecule has 0 radical (unpaired) electrons. The van der Waals surface area contributed by atoms with Crippen LogP contribution in [0.15, 0.2) is 36.8 Å². The van der Waals surface area contributed by atoms with Gasteiger partial charge in [0.25, 0.3) is 0 Å². The van der Waals surface area contributed by atoms with Gasteiger partial charge in [0, 0.05) is 18.5 Å². The minimum Gasteiger partial charge on any atom is -0.490 e. The largest absolute Gasteiger partial charge is 0.490 e. The Kier molecular flexibility index (Phi) is 4.49. The van der Waals surface area contributed by atoms with Crippen molar-refractivity contribution in [1.29, 1.82) is 0 Å². The van der Waals surface area contributed by atoms with E-state index in [1.54, 1.807) is 24.5 Å². The lowest BCUT2D eigenvalue weighted by atomic mass is 10.3. The topological polar surface area (TPSA) is 77.2 Å². The Morgan fingerprint density at radius 1 is 1.45 bits per heavy atom. The summed E-state index contributed by atoms with van der Waals surface area (Å²) in [5, 5.41) is 8.51. The molecule has 0 aromatic carbocycles. The lowest BCUT2D eigenvalue weighted by molar-refractivity contribution is -0.131. The number of carboxylic acids is 1. The molecule has 0 aliphatic carbocycles. The van der Waals surface area contributed by atoms with Crippen LogP contribution in [0.5, 0.6) is 5.75 Å². The average Bonchev–Trinajstić information content (AvgIpc) is 2.83. The van der Waals surface area contributed by atoms with Gasteiger partial charge in [0.15, 0.2) is 0 Å². The second-order valence-corrected chi connectivity index (χ2v) is 4.11. The van der Waals surface area contributed by atoms with Crippen LogP contribution in [0.4, 0.5) is 0 Å². The molecule has 0 saturated heterocycles. The summed E-state index contributed by atoms with van der Waals surface area (Å²) >= 11 is 0. The van der Waals surface area contributed by atoms with Gasteiger partial charge in [0.1, 0.15) is 18.2 Å². The number of rotatable bonds is 6. The van der Waals surface area contributed by atoms with Crippen LogP contribution < -0.4 is 4.74 Å². The van der Waals surface area contributed by atoms with E-state index in [0.717, 1.165) is 11.9 Å². The lowest BCUT2D eigenvalue weighted by Crippen LogP contribution is -2.08. The van der Waals surface area contributed by atoms with Crippen LogP contribution >= 0.6 is 0 Å². The molecule has 2 rings (SSSR count). The van der Waals surface area contributed by atoms with E-state index in [2.05, 4.69) is 9.97 Å². The molecule has 20 heavy (non-hydrogen) atoms. The Balaban J connectivity index is 1.85. The van der Waals surface area contributed by atoms with Gasteiger partial charge in [-0.2, -0.15) is 0 Å². The van der Waals surface area contributed by atoms with Crippen LogP contribution in [-0.4, -0.2) is 32.2 Å². The number of carbonyl (C=O) groups is 1. The van der Waals surface area contributed by atoms with E-state index in [1.165, 1.54) is 6.08 Å². The van der Waals surface area contributed by atoms with Crippen molar-refractivity contribution in [2.75, 3.05) is 6.61 Å². The monoisotopic (exact) mass is 273 g/mol. The van der Waals surface area contributed by atoms with Crippen molar-refractivity contribution < 1.29 is 14.6 Å². The fourth-order valence-electron chi connectivity index (χ4n) is 1.63. The summed E-state index contributed by atoms with van der Waals surface area (Å²) in [4.78, 5) is 18.6. The molecule has 0 fully saturated rings. The predicted octanol–water partition coefficient (Wildman–Crippen LogP) is 1.76. The fraction of sp³-hybridized carbons (Fsp3) is 0.214. The first-order chi connectivity index (χ1) is 9.65. The maximum Gasteiger partial charge on any atom is 0.328 e. The van der Waals surface area contributed by atoms with Gasteiger partial charge in [0.2, 0.25) is 0 Å². The average molecular weight is 273 g/mol. The molecule has 0 aliphatic rings. The smallest absolute Gasteiger partial charge is 0.328 e. The van der Waals surface area contributed by atoms with Gasteiger partial charge in [-0.05, 0) is 25.1 Å². The summed E-state index contributed by atoms with van der Waals surface area (Å²) in [6.45, 7) is 3.17. The molecule has 0 unspecified atom stereocenters. The van der Waals surface area contributed by atoms with E-state index >= 15 is 0 Å². The Morgan fingerprint density at radius 2 is 2.30 bits per heavy atom. The number of hydrogen-bond acceptors (Lipinski definition) is 4. The second kappa shape index (κ2) is 6.51. The molecule has 0 atom stereocenters. The first-order valence-electron chi connectivity index (χ1n) is 6.13. The van der Waals surface area contributed by atoms with Gasteiger partial charge in [0.05, 0.1) is 18.4 Å². The van der Waals surface area contributed by atoms with Crippen LogP contribution in [0.25, 0.3) is 6.08 Å². The molecule has 104 valence electrons. The number of ether oxygens (including phenoxy) is 1. The third kappa shape index (κ3) is 3.94. The van der Waals surface area contributed by atoms with Gasteiger partial charge >= 0.3 is 5.97 Å². The molecule has 0 bridgehead atoms. The van der Waals surface area contributed by atoms with Gasteiger partial charge in [-0.1, -0.05) is 0 Å². The molecular weight excluding hydrogens is 258 g/mol. The summed E-state index contributed by atoms with van der Waals surface area (Å²) in [6, 6.07) is 3.46. The van der Waals surface area contributed by atoms with Crippen molar-refractivity contribution in [1.82, 2.24) is 14.5 Å². The first kappa shape index (κ1) is 13.8. The first-order valence-corrected chi connectivity index (χ1v) is 6.13. The van der Waals surface area contributed by atoms with Crippen molar-refractivity contribution >= 4 is 12.0 Å². The zero-order valence-electron chi connectivity index (χ0n) is 11.1. The van der Waals surface area contributed by atoms with Gasteiger partial charge < -0.3 is 14.4 Å². The molecule has 0 spiro atoms. The highest BCUT2D eigenvalue weighted by molar-refractivity contribution is 5.84. The maximum absolute atomic E-state index is 10.4. The molecule has 0 saturated carbocycles. The van der Waals surface area contributed by atoms with Gasteiger partial charge in [-0.25, -0.2) is 9.78 Å². The molecule has 6 nitrogen and oxygen atoms in total. The predicted molar refractivity (Wildman–Crippen MR) is 73.4 cm³/mol. The minimum absolute atomic E-state index is 0.517. The van der Waals surface area contributed by atoms with Crippen LogP contribution in [0.2, 0.25) is 0 Å². The quantitative estimate of drug-likeness (QED) is 0.811. The zero-order valence-corrected chi connectivity index (χ0v) is 11.1. The highest BCUT2D eigenvalue weighted by Gasteiger charge is 1.98. The number of carboxylic acid groups (broad SMARTS) is 1. The van der Waals surface area contributed by atoms with Crippen molar-refractivity contribution in [2.24, 2.45) is 0 Å². The highest BCUT2D eigenvalue weighted by atomic mass is 16.5. The van der Waals surface area contributed by atoms with E-state index in [0.29, 0.717) is 24.6 Å². The normalized spacial score (nSPS) is 10.8. The number of aliphatic carboxylic acids is 1. The SMILES string of the molecule is Cc1nccn1CCOc1ccc(C=CC(=O)O)nc1. The molecular formula is C14H15N3O3. The molecule has 1 N–H and O–H groups in total. The Hall–Kier alpha value is -2.63. The third-order valence-corrected chi connectivity index (χ3v) is 2.68. The summed E-state index contributed by atoms with van der Waals surface area (Å²) in [7, 11) is 0. The van der Waals surface area contributed by atoms with Gasteiger partial charge in [-0.15, -0.1) is 0 Å². The lowest BCUT2D eigenvalue weighted by Gasteiger charge is -2.07. The zero-order chi connectivity index (χ0) is 14.4. The summed E-state index contributed by atoms with van der Waals surface area (Å²) in [5.41, 5.74) is 0.574. The van der Waals surface area contributed by atoms with E-state index in [4.69, 9.17) is 9.84 Å². The Morgan fingerprint density at radius 3 is 2.90 bits per heavy atom. The van der Waals surface area contributed by atoms with E-state index in [-0.39, 0.29) is 0 Å². The number of pyridine rings is 1. The molecule has 2 heterocycles. The van der Waals surface area contributed by atoms with E-state index < -0.39 is 5.97 Å². The summed E-state index contributed by atoms with van der Waals surface area (Å²) in [6.07, 6.45) is 7.70. The number of aromatic nitrogens is 3. The van der Waals surface area contributed by atoms with E-state index in [9.17, 15) is 4.79 Å². The van der Waals surface area contributed by atoms with Crippen LogP contribution in [-0.2, 0) is 11.3 Å². The van der Waals surface area contributed by atoms with E-state index in [1.807, 2.05) is 17.7 Å². The van der Waals surface area contributed by atoms with Gasteiger partial charge in [-0.3, -0.25) is 4.98 Å². The molecule has 6 heteroatoms. The highest BCUT2D eigenvalue weighted by Crippen LogP contribution is 2.10. The van der Waals surface area contributed by atoms with Crippen LogP contribution in [0, 0.1) is 6.92 Å². The van der Waals surface area contributed by atoms with Crippen LogP contribution in [0.3, 0.4) is 0 Å². The van der Waals surface area contributed by atoms with Crippen molar-refractivity contribution in [3.05, 3.63) is 48.3 Å². The standard InChI is InChI=1S/C14H15N3O3/c1-11-15-6-7-17(11)8-9-20-13-4-2-12(16-10-13)3-5-14(18)19/h2-7,10H,8-9H2,1H3,(H,18,19). The number of nitrogens with zero attached hydrogens (tertiary/aromatic N) is 3. The van der Waals surface area contributed by atoms with Crippen LogP contribution in [0.1, 0.15) is 11.5 Å². The van der Waals surface area contributed by atoms with Crippen molar-refractivity contribution in [3.63, 3.8) is 0 Å². The molecule has 0 aliphatic heterocycles. The Bertz CT molecular complexity index is 602. The Labute approximate surface area is 116 Å². The fourth-order valence-corrected chi connectivity index (χ4v) is 1.63. The number of aryl methyl sites for hydroxylation is 1. The molecule has 0 amide bonds. The molecule has 2 aromatic heterocycles. The second-order valence-electron chi connectivity index (χ2n) is 4.11. The number of hydrogen-bond donors (Lipinski definition) is 1. The summed E-state index contributed by atoms with van der Waals surface area (Å²) < 4.78 is 7.56. The minimum atomic E-state index is -0.997. The summed E-state index contributed by atoms with van der Waals surface area (Å²) in [5.74, 6) is 0.596. The van der Waals surface area contributed by atoms with Crippen molar-refractivity contribution in [3.8, 4) is 5.75 Å². The maximum atomic E-state index is 10.4. The van der Waals surface area contributed by atoms with Crippen molar-refractivity contribution in [2.45, 2.75) is 13.5 Å². The third-order valence-electron chi connectivity index (χ3n) is 2.68. The molecule has 2 aromatic rings. The number of imidazole rings is 1.